The van der Waals surface area contributed by atoms with Crippen molar-refractivity contribution in [1.82, 2.24) is 14.7 Å². The molecule has 26 heavy (non-hydrogen) atoms. The maximum Gasteiger partial charge on any atom is 0.258 e. The maximum atomic E-state index is 13.0. The summed E-state index contributed by atoms with van der Waals surface area (Å²) in [6.45, 7) is 4.88. The Hall–Kier alpha value is -1.79. The zero-order valence-electron chi connectivity index (χ0n) is 15.2. The molecule has 140 valence electrons. The fourth-order valence-electron chi connectivity index (χ4n) is 4.33. The molecule has 0 aliphatic carbocycles. The van der Waals surface area contributed by atoms with Crippen molar-refractivity contribution in [1.29, 1.82) is 0 Å². The summed E-state index contributed by atoms with van der Waals surface area (Å²) in [5.74, 6) is 0.540. The summed E-state index contributed by atoms with van der Waals surface area (Å²) in [6.07, 6.45) is 2.03. The fraction of sp³-hybridized carbons (Fsp3) is 0.579. The Morgan fingerprint density at radius 2 is 1.96 bits per heavy atom. The number of nitrogens with zero attached hydrogens (tertiary/aromatic N) is 3. The van der Waals surface area contributed by atoms with E-state index in [1.807, 2.05) is 9.80 Å². The van der Waals surface area contributed by atoms with Crippen molar-refractivity contribution in [3.63, 3.8) is 0 Å². The number of fused-ring (bicyclic) bond motifs is 2. The number of piperazine rings is 1. The molecule has 7 heteroatoms. The van der Waals surface area contributed by atoms with E-state index in [2.05, 4.69) is 11.8 Å². The molecule has 3 fully saturated rings. The standard InChI is InChI=1S/C19H24ClN3O3/c1-12-6-7-21(12)11-17(24)22-9-14-8-13(22)10-23(14)19(25)15-4-3-5-16(20)18(15)26-2/h3-5,12-14H,6-11H2,1-2H3/t12?,13-,14-/m0/s1. The Balaban J connectivity index is 1.43. The van der Waals surface area contributed by atoms with Gasteiger partial charge in [-0.3, -0.25) is 14.5 Å². The summed E-state index contributed by atoms with van der Waals surface area (Å²) < 4.78 is 5.32. The molecule has 1 aromatic carbocycles. The highest BCUT2D eigenvalue weighted by Crippen LogP contribution is 2.35. The number of hydrogen-bond donors (Lipinski definition) is 0. The van der Waals surface area contributed by atoms with Crippen molar-refractivity contribution in [3.8, 4) is 5.75 Å². The van der Waals surface area contributed by atoms with E-state index in [0.29, 0.717) is 42.0 Å². The predicted octanol–water partition coefficient (Wildman–Crippen LogP) is 1.87. The zero-order valence-corrected chi connectivity index (χ0v) is 15.9. The number of carbonyl (C=O) groups excluding carboxylic acids is 2. The van der Waals surface area contributed by atoms with Gasteiger partial charge in [0.1, 0.15) is 5.75 Å². The van der Waals surface area contributed by atoms with Crippen LogP contribution >= 0.6 is 11.6 Å². The highest BCUT2D eigenvalue weighted by molar-refractivity contribution is 6.32. The van der Waals surface area contributed by atoms with Gasteiger partial charge in [0.05, 0.1) is 36.3 Å². The average Bonchev–Trinajstić information content (AvgIpc) is 3.24. The van der Waals surface area contributed by atoms with Gasteiger partial charge in [-0.15, -0.1) is 0 Å². The normalized spacial score (nSPS) is 27.6. The number of ether oxygens (including phenoxy) is 1. The van der Waals surface area contributed by atoms with Crippen LogP contribution < -0.4 is 4.74 Å². The highest BCUT2D eigenvalue weighted by atomic mass is 35.5. The van der Waals surface area contributed by atoms with Crippen LogP contribution in [0.4, 0.5) is 0 Å². The number of rotatable bonds is 4. The molecule has 0 aromatic heterocycles. The van der Waals surface area contributed by atoms with Gasteiger partial charge in [0.15, 0.2) is 0 Å². The van der Waals surface area contributed by atoms with Crippen LogP contribution in [0.15, 0.2) is 18.2 Å². The molecule has 0 N–H and O–H groups in total. The van der Waals surface area contributed by atoms with Gasteiger partial charge in [-0.05, 0) is 31.9 Å². The maximum absolute atomic E-state index is 13.0. The van der Waals surface area contributed by atoms with Gasteiger partial charge >= 0.3 is 0 Å². The lowest BCUT2D eigenvalue weighted by Gasteiger charge is -2.40. The van der Waals surface area contributed by atoms with E-state index in [1.165, 1.54) is 13.5 Å². The lowest BCUT2D eigenvalue weighted by molar-refractivity contribution is -0.136. The zero-order chi connectivity index (χ0) is 18.4. The molecule has 3 heterocycles. The topological polar surface area (TPSA) is 53.1 Å². The van der Waals surface area contributed by atoms with Crippen LogP contribution in [-0.2, 0) is 4.79 Å². The molecule has 3 saturated heterocycles. The van der Waals surface area contributed by atoms with Gasteiger partial charge in [-0.2, -0.15) is 0 Å². The van der Waals surface area contributed by atoms with E-state index in [9.17, 15) is 9.59 Å². The third kappa shape index (κ3) is 2.85. The lowest BCUT2D eigenvalue weighted by Crippen LogP contribution is -2.55. The van der Waals surface area contributed by atoms with Crippen molar-refractivity contribution in [3.05, 3.63) is 28.8 Å². The summed E-state index contributed by atoms with van der Waals surface area (Å²) >= 11 is 6.15. The first-order chi connectivity index (χ1) is 12.5. The largest absolute Gasteiger partial charge is 0.494 e. The minimum Gasteiger partial charge on any atom is -0.494 e. The molecule has 2 bridgehead atoms. The van der Waals surface area contributed by atoms with E-state index in [0.717, 1.165) is 13.0 Å². The molecule has 3 atom stereocenters. The molecule has 0 radical (unpaired) electrons. The van der Waals surface area contributed by atoms with Gasteiger partial charge in [-0.25, -0.2) is 0 Å². The van der Waals surface area contributed by atoms with Crippen LogP contribution in [0.5, 0.6) is 5.75 Å². The van der Waals surface area contributed by atoms with Gasteiger partial charge in [0.2, 0.25) is 5.91 Å². The van der Waals surface area contributed by atoms with Crippen molar-refractivity contribution in [2.45, 2.75) is 37.9 Å². The van der Waals surface area contributed by atoms with Crippen LogP contribution in [0.2, 0.25) is 5.02 Å². The second-order valence-electron chi connectivity index (χ2n) is 7.48. The lowest BCUT2D eigenvalue weighted by atomic mass is 10.1. The van der Waals surface area contributed by atoms with Crippen LogP contribution in [0.25, 0.3) is 0 Å². The van der Waals surface area contributed by atoms with E-state index >= 15 is 0 Å². The quantitative estimate of drug-likeness (QED) is 0.803. The van der Waals surface area contributed by atoms with Gasteiger partial charge in [-0.1, -0.05) is 17.7 Å². The predicted molar refractivity (Wildman–Crippen MR) is 98.6 cm³/mol. The third-order valence-corrected chi connectivity index (χ3v) is 6.32. The van der Waals surface area contributed by atoms with Crippen molar-refractivity contribution < 1.29 is 14.3 Å². The summed E-state index contributed by atoms with van der Waals surface area (Å²) in [6, 6.07) is 5.92. The number of carbonyl (C=O) groups is 2. The van der Waals surface area contributed by atoms with E-state index in [4.69, 9.17) is 16.3 Å². The molecule has 0 saturated carbocycles. The number of methoxy groups -OCH3 is 1. The molecule has 0 spiro atoms. The number of benzene rings is 1. The highest BCUT2D eigenvalue weighted by Gasteiger charge is 2.47. The van der Waals surface area contributed by atoms with Gasteiger partial charge < -0.3 is 14.5 Å². The van der Waals surface area contributed by atoms with Gasteiger partial charge in [0.25, 0.3) is 5.91 Å². The third-order valence-electron chi connectivity index (χ3n) is 6.02. The number of hydrogen-bond acceptors (Lipinski definition) is 4. The first-order valence-corrected chi connectivity index (χ1v) is 9.54. The molecule has 6 nitrogen and oxygen atoms in total. The monoisotopic (exact) mass is 377 g/mol. The Morgan fingerprint density at radius 3 is 2.54 bits per heavy atom. The van der Waals surface area contributed by atoms with Crippen LogP contribution in [0.1, 0.15) is 30.1 Å². The summed E-state index contributed by atoms with van der Waals surface area (Å²) in [5, 5.41) is 0.433. The van der Waals surface area contributed by atoms with Gasteiger partial charge in [0, 0.05) is 25.7 Å². The second-order valence-corrected chi connectivity index (χ2v) is 7.88. The van der Waals surface area contributed by atoms with Crippen LogP contribution in [-0.4, -0.2) is 77.9 Å². The smallest absolute Gasteiger partial charge is 0.258 e. The van der Waals surface area contributed by atoms with Crippen molar-refractivity contribution >= 4 is 23.4 Å². The summed E-state index contributed by atoms with van der Waals surface area (Å²) in [7, 11) is 1.52. The van der Waals surface area contributed by atoms with E-state index in [1.54, 1.807) is 18.2 Å². The molecule has 1 unspecified atom stereocenters. The molecule has 4 rings (SSSR count). The number of amides is 2. The summed E-state index contributed by atoms with van der Waals surface area (Å²) in [5.41, 5.74) is 0.486. The Morgan fingerprint density at radius 1 is 1.23 bits per heavy atom. The molecule has 3 aliphatic heterocycles. The molecular formula is C19H24ClN3O3. The Labute approximate surface area is 158 Å². The molecular weight excluding hydrogens is 354 g/mol. The van der Waals surface area contributed by atoms with E-state index < -0.39 is 0 Å². The SMILES string of the molecule is COc1c(Cl)cccc1C(=O)N1C[C@@H]2C[C@H]1CN2C(=O)CN1CCC1C. The fourth-order valence-corrected chi connectivity index (χ4v) is 4.58. The average molecular weight is 378 g/mol. The molecule has 2 amide bonds. The van der Waals surface area contributed by atoms with E-state index in [-0.39, 0.29) is 23.9 Å². The van der Waals surface area contributed by atoms with Crippen LogP contribution in [0.3, 0.4) is 0 Å². The summed E-state index contributed by atoms with van der Waals surface area (Å²) in [4.78, 5) is 31.7. The van der Waals surface area contributed by atoms with Crippen LogP contribution in [0, 0.1) is 0 Å². The second kappa shape index (κ2) is 6.74. The Kier molecular flexibility index (Phi) is 4.57. The van der Waals surface area contributed by atoms with Crippen molar-refractivity contribution in [2.75, 3.05) is 33.3 Å². The molecule has 3 aliphatic rings. The first-order valence-electron chi connectivity index (χ1n) is 9.16. The number of likely N-dealkylation sites (tertiary alicyclic amines) is 3. The molecule has 1 aromatic rings. The van der Waals surface area contributed by atoms with Crippen molar-refractivity contribution in [2.24, 2.45) is 0 Å². The number of para-hydroxylation sites is 1. The minimum atomic E-state index is -0.0692. The minimum absolute atomic E-state index is 0.0692. The first kappa shape index (κ1) is 17.6. The Bertz CT molecular complexity index is 741. The number of halogens is 1.